The summed E-state index contributed by atoms with van der Waals surface area (Å²) in [5.74, 6) is 13.0. The summed E-state index contributed by atoms with van der Waals surface area (Å²) >= 11 is 0. The lowest BCUT2D eigenvalue weighted by molar-refractivity contribution is 1.000. The number of hydrogen-bond donors (Lipinski definition) is 0. The second-order valence-electron chi connectivity index (χ2n) is 6.68. The Hall–Kier alpha value is -3.74. The summed E-state index contributed by atoms with van der Waals surface area (Å²) in [5, 5.41) is 0. The molecule has 3 aromatic carbocycles. The minimum absolute atomic E-state index is 1.02. The molecule has 1 aliphatic carbocycles. The van der Waals surface area contributed by atoms with Crippen LogP contribution in [-0.2, 0) is 0 Å². The van der Waals surface area contributed by atoms with Crippen molar-refractivity contribution in [3.63, 3.8) is 0 Å². The summed E-state index contributed by atoms with van der Waals surface area (Å²) in [5.41, 5.74) is 6.68. The normalized spacial score (nSPS) is 12.2. The number of benzene rings is 3. The Morgan fingerprint density at radius 3 is 1.61 bits per heavy atom. The fourth-order valence-electron chi connectivity index (χ4n) is 3.02. The molecule has 0 spiro atoms. The van der Waals surface area contributed by atoms with Gasteiger partial charge in [-0.25, -0.2) is 0 Å². The molecule has 132 valence electrons. The summed E-state index contributed by atoms with van der Waals surface area (Å²) < 4.78 is 0. The van der Waals surface area contributed by atoms with E-state index in [1.54, 1.807) is 0 Å². The van der Waals surface area contributed by atoms with Crippen molar-refractivity contribution in [3.8, 4) is 34.8 Å². The molecule has 0 N–H and O–H groups in total. The van der Waals surface area contributed by atoms with Crippen LogP contribution in [0.4, 0.5) is 0 Å². The van der Waals surface area contributed by atoms with Gasteiger partial charge in [0.05, 0.1) is 0 Å². The molecule has 0 aromatic heterocycles. The molecule has 4 rings (SSSR count). The lowest BCUT2D eigenvalue weighted by atomic mass is 10.0. The van der Waals surface area contributed by atoms with E-state index >= 15 is 0 Å². The first-order valence-electron chi connectivity index (χ1n) is 9.52. The first kappa shape index (κ1) is 17.7. The van der Waals surface area contributed by atoms with Crippen molar-refractivity contribution in [1.29, 1.82) is 0 Å². The molecule has 0 heteroatoms. The number of rotatable bonds is 1. The van der Waals surface area contributed by atoms with E-state index in [0.29, 0.717) is 0 Å². The van der Waals surface area contributed by atoms with E-state index in [4.69, 9.17) is 0 Å². The molecule has 0 heterocycles. The standard InChI is InChI=1S/C28H20/c1-3-7-23(8-4-1)11-13-25-15-19-27(20-16-25)28-21-17-26(18-22-28)14-12-24-9-5-2-6-10-24/h1-5,7-9,15-22H,6,10H2. The van der Waals surface area contributed by atoms with Crippen LogP contribution in [0.25, 0.3) is 11.1 Å². The molecule has 0 bridgehead atoms. The zero-order valence-electron chi connectivity index (χ0n) is 15.7. The predicted molar refractivity (Wildman–Crippen MR) is 118 cm³/mol. The molecular formula is C28H20. The minimum Gasteiger partial charge on any atom is -0.0842 e. The molecule has 0 nitrogen and oxygen atoms in total. The van der Waals surface area contributed by atoms with E-state index in [-0.39, 0.29) is 0 Å². The Balaban J connectivity index is 1.46. The van der Waals surface area contributed by atoms with Gasteiger partial charge in [-0.15, -0.1) is 0 Å². The van der Waals surface area contributed by atoms with Gasteiger partial charge in [0.15, 0.2) is 0 Å². The van der Waals surface area contributed by atoms with Crippen LogP contribution in [0.15, 0.2) is 103 Å². The Kier molecular flexibility index (Phi) is 5.53. The maximum absolute atomic E-state index is 3.28. The summed E-state index contributed by atoms with van der Waals surface area (Å²) in [6, 6.07) is 26.9. The molecule has 0 atom stereocenters. The van der Waals surface area contributed by atoms with Gasteiger partial charge in [-0.05, 0) is 60.4 Å². The monoisotopic (exact) mass is 356 g/mol. The molecule has 1 aliphatic rings. The van der Waals surface area contributed by atoms with Crippen LogP contribution in [0.5, 0.6) is 0 Å². The summed E-state index contributed by atoms with van der Waals surface area (Å²) in [6.07, 6.45) is 8.50. The summed E-state index contributed by atoms with van der Waals surface area (Å²) in [6.45, 7) is 0. The number of hydrogen-bond acceptors (Lipinski definition) is 0. The first-order chi connectivity index (χ1) is 13.9. The van der Waals surface area contributed by atoms with Crippen molar-refractivity contribution in [2.24, 2.45) is 0 Å². The molecule has 0 saturated heterocycles. The fraction of sp³-hybridized carbons (Fsp3) is 0.0714. The quantitative estimate of drug-likeness (QED) is 0.444. The van der Waals surface area contributed by atoms with Gasteiger partial charge >= 0.3 is 0 Å². The van der Waals surface area contributed by atoms with Crippen molar-refractivity contribution < 1.29 is 0 Å². The summed E-state index contributed by atoms with van der Waals surface area (Å²) in [7, 11) is 0. The largest absolute Gasteiger partial charge is 0.0842 e. The average molecular weight is 356 g/mol. The van der Waals surface area contributed by atoms with Crippen LogP contribution in [0.2, 0.25) is 0 Å². The maximum Gasteiger partial charge on any atom is 0.0249 e. The van der Waals surface area contributed by atoms with Gasteiger partial charge in [0.2, 0.25) is 0 Å². The van der Waals surface area contributed by atoms with Crippen LogP contribution in [0.3, 0.4) is 0 Å². The van der Waals surface area contributed by atoms with E-state index in [2.05, 4.69) is 90.4 Å². The van der Waals surface area contributed by atoms with E-state index in [1.807, 2.05) is 30.3 Å². The Morgan fingerprint density at radius 2 is 1.07 bits per heavy atom. The molecule has 0 saturated carbocycles. The average Bonchev–Trinajstić information content (AvgIpc) is 2.78. The second-order valence-corrected chi connectivity index (χ2v) is 6.68. The van der Waals surface area contributed by atoms with Gasteiger partial charge in [-0.3, -0.25) is 0 Å². The SMILES string of the molecule is C(#Cc1ccc(-c2ccc(C#Cc3ccccc3)cc2)cc1)C1=CC=CCC1. The highest BCUT2D eigenvalue weighted by atomic mass is 14.0. The van der Waals surface area contributed by atoms with Crippen molar-refractivity contribution >= 4 is 0 Å². The predicted octanol–water partition coefficient (Wildman–Crippen LogP) is 6.38. The van der Waals surface area contributed by atoms with E-state index in [9.17, 15) is 0 Å². The van der Waals surface area contributed by atoms with Crippen molar-refractivity contribution in [2.45, 2.75) is 12.8 Å². The molecule has 0 radical (unpaired) electrons. The first-order valence-corrected chi connectivity index (χ1v) is 9.52. The topological polar surface area (TPSA) is 0 Å². The molecule has 28 heavy (non-hydrogen) atoms. The molecule has 0 unspecified atom stereocenters. The van der Waals surface area contributed by atoms with Gasteiger partial charge in [-0.1, -0.05) is 84.4 Å². The lowest BCUT2D eigenvalue weighted by Gasteiger charge is -2.02. The molecule has 0 fully saturated rings. The third-order valence-electron chi connectivity index (χ3n) is 4.61. The highest BCUT2D eigenvalue weighted by Crippen LogP contribution is 2.20. The van der Waals surface area contributed by atoms with Gasteiger partial charge < -0.3 is 0 Å². The second kappa shape index (κ2) is 8.77. The van der Waals surface area contributed by atoms with E-state index in [0.717, 1.165) is 29.5 Å². The Morgan fingerprint density at radius 1 is 0.536 bits per heavy atom. The Labute approximate surface area is 167 Å². The van der Waals surface area contributed by atoms with Gasteiger partial charge in [0, 0.05) is 22.3 Å². The van der Waals surface area contributed by atoms with Gasteiger partial charge in [0.25, 0.3) is 0 Å². The highest BCUT2D eigenvalue weighted by molar-refractivity contribution is 5.65. The van der Waals surface area contributed by atoms with Gasteiger partial charge in [-0.2, -0.15) is 0 Å². The third-order valence-corrected chi connectivity index (χ3v) is 4.61. The molecule has 0 amide bonds. The van der Waals surface area contributed by atoms with Crippen LogP contribution >= 0.6 is 0 Å². The minimum atomic E-state index is 1.02. The van der Waals surface area contributed by atoms with Crippen LogP contribution < -0.4 is 0 Å². The van der Waals surface area contributed by atoms with Crippen molar-refractivity contribution in [3.05, 3.63) is 119 Å². The van der Waals surface area contributed by atoms with Crippen LogP contribution in [-0.4, -0.2) is 0 Å². The molecular weight excluding hydrogens is 336 g/mol. The highest BCUT2D eigenvalue weighted by Gasteiger charge is 1.98. The van der Waals surface area contributed by atoms with Gasteiger partial charge in [0.1, 0.15) is 0 Å². The fourth-order valence-corrected chi connectivity index (χ4v) is 3.02. The zero-order chi connectivity index (χ0) is 19.0. The smallest absolute Gasteiger partial charge is 0.0249 e. The lowest BCUT2D eigenvalue weighted by Crippen LogP contribution is -1.84. The van der Waals surface area contributed by atoms with Crippen LogP contribution in [0, 0.1) is 23.7 Å². The molecule has 3 aromatic rings. The third kappa shape index (κ3) is 4.70. The maximum atomic E-state index is 3.28. The molecule has 0 aliphatic heterocycles. The van der Waals surface area contributed by atoms with Crippen molar-refractivity contribution in [2.75, 3.05) is 0 Å². The van der Waals surface area contributed by atoms with E-state index < -0.39 is 0 Å². The number of allylic oxidation sites excluding steroid dienone is 4. The summed E-state index contributed by atoms with van der Waals surface area (Å²) in [4.78, 5) is 0. The van der Waals surface area contributed by atoms with E-state index in [1.165, 1.54) is 16.7 Å². The van der Waals surface area contributed by atoms with Crippen LogP contribution in [0.1, 0.15) is 29.5 Å². The Bertz CT molecular complexity index is 1120. The van der Waals surface area contributed by atoms with Crippen molar-refractivity contribution in [1.82, 2.24) is 0 Å². The zero-order valence-corrected chi connectivity index (χ0v) is 15.7.